The van der Waals surface area contributed by atoms with E-state index in [0.29, 0.717) is 5.75 Å². The van der Waals surface area contributed by atoms with Crippen molar-refractivity contribution in [2.45, 2.75) is 64.0 Å². The van der Waals surface area contributed by atoms with E-state index in [0.717, 1.165) is 37.7 Å². The molecule has 9 nitrogen and oxygen atoms in total. The lowest BCUT2D eigenvalue weighted by Gasteiger charge is -2.25. The summed E-state index contributed by atoms with van der Waals surface area (Å²) in [5.74, 6) is 0.121. The molecule has 170 valence electrons. The summed E-state index contributed by atoms with van der Waals surface area (Å²) in [6, 6.07) is 6.72. The molecule has 0 spiro atoms. The lowest BCUT2D eigenvalue weighted by molar-refractivity contribution is -0.132. The van der Waals surface area contributed by atoms with E-state index in [1.165, 1.54) is 9.58 Å². The molecular weight excluding hydrogens is 412 g/mol. The van der Waals surface area contributed by atoms with Crippen molar-refractivity contribution in [3.8, 4) is 11.6 Å². The maximum absolute atomic E-state index is 12.7. The third-order valence-electron chi connectivity index (χ3n) is 6.32. The fourth-order valence-corrected chi connectivity index (χ4v) is 4.62. The fourth-order valence-electron chi connectivity index (χ4n) is 4.62. The molecule has 2 heterocycles. The third kappa shape index (κ3) is 3.94. The first-order valence-electron chi connectivity index (χ1n) is 11.1. The fraction of sp³-hybridized carbons (Fsp3) is 0.478. The van der Waals surface area contributed by atoms with Gasteiger partial charge in [0.15, 0.2) is 0 Å². The molecule has 0 bridgehead atoms. The van der Waals surface area contributed by atoms with Gasteiger partial charge < -0.3 is 9.84 Å². The number of carbonyl (C=O) groups excluding carboxylic acids is 1. The average molecular weight is 441 g/mol. The van der Waals surface area contributed by atoms with E-state index in [-0.39, 0.29) is 41.9 Å². The number of hydrazone groups is 1. The molecule has 4 rings (SSSR count). The summed E-state index contributed by atoms with van der Waals surface area (Å²) < 4.78 is 6.49. The highest BCUT2D eigenvalue weighted by atomic mass is 16.5. The first-order chi connectivity index (χ1) is 15.4. The van der Waals surface area contributed by atoms with Crippen LogP contribution in [0.15, 0.2) is 39.0 Å². The second-order valence-corrected chi connectivity index (χ2v) is 8.25. The van der Waals surface area contributed by atoms with Crippen molar-refractivity contribution in [3.63, 3.8) is 0 Å². The molecule has 0 radical (unpaired) electrons. The molecule has 1 aliphatic heterocycles. The normalized spacial score (nSPS) is 19.1. The Morgan fingerprint density at radius 1 is 1.19 bits per heavy atom. The predicted octanol–water partition coefficient (Wildman–Crippen LogP) is 2.84. The number of ether oxygens (including phenoxy) is 1. The minimum absolute atomic E-state index is 0.0416. The lowest BCUT2D eigenvalue weighted by atomic mass is 9.95. The van der Waals surface area contributed by atoms with Crippen molar-refractivity contribution in [2.24, 2.45) is 5.10 Å². The number of rotatable bonds is 5. The van der Waals surface area contributed by atoms with Gasteiger partial charge in [-0.3, -0.25) is 19.1 Å². The summed E-state index contributed by atoms with van der Waals surface area (Å²) in [5.41, 5.74) is -0.230. The smallest absolute Gasteiger partial charge is 0.331 e. The van der Waals surface area contributed by atoms with Gasteiger partial charge in [-0.05, 0) is 30.5 Å². The largest absolute Gasteiger partial charge is 0.497 e. The zero-order valence-electron chi connectivity index (χ0n) is 18.3. The molecule has 0 unspecified atom stereocenters. The zero-order valence-corrected chi connectivity index (χ0v) is 18.3. The van der Waals surface area contributed by atoms with E-state index in [9.17, 15) is 19.5 Å². The summed E-state index contributed by atoms with van der Waals surface area (Å²) in [7, 11) is 1.58. The lowest BCUT2D eigenvalue weighted by Crippen LogP contribution is -2.36. The molecule has 1 atom stereocenters. The molecule has 2 aliphatic rings. The Morgan fingerprint density at radius 2 is 1.88 bits per heavy atom. The molecule has 0 saturated heterocycles. The highest BCUT2D eigenvalue weighted by Crippen LogP contribution is 2.36. The third-order valence-corrected chi connectivity index (χ3v) is 6.32. The van der Waals surface area contributed by atoms with Gasteiger partial charge in [-0.25, -0.2) is 9.80 Å². The number of hydrogen-bond acceptors (Lipinski definition) is 6. The van der Waals surface area contributed by atoms with Gasteiger partial charge in [0, 0.05) is 18.9 Å². The molecule has 1 saturated carbocycles. The highest BCUT2D eigenvalue weighted by Gasteiger charge is 2.35. The number of hydrogen-bond donors (Lipinski definition) is 2. The minimum Gasteiger partial charge on any atom is -0.497 e. The Kier molecular flexibility index (Phi) is 6.16. The van der Waals surface area contributed by atoms with Crippen LogP contribution in [-0.2, 0) is 4.79 Å². The molecule has 1 aromatic heterocycles. The average Bonchev–Trinajstić information content (AvgIpc) is 3.24. The quantitative estimate of drug-likeness (QED) is 0.741. The van der Waals surface area contributed by atoms with Gasteiger partial charge in [0.1, 0.15) is 11.3 Å². The van der Waals surface area contributed by atoms with E-state index in [2.05, 4.69) is 10.1 Å². The Balaban J connectivity index is 1.76. The first kappa shape index (κ1) is 21.9. The monoisotopic (exact) mass is 440 g/mol. The molecule has 32 heavy (non-hydrogen) atoms. The SMILES string of the molecule is CCC(=O)N1N=C(c2c(O)n(C3CCCCC3)c(=O)[nH]c2=O)C[C@@H]1c1ccc(OC)cc1. The molecule has 1 amide bonds. The van der Waals surface area contributed by atoms with Crippen molar-refractivity contribution >= 4 is 11.6 Å². The van der Waals surface area contributed by atoms with Crippen molar-refractivity contribution in [1.29, 1.82) is 0 Å². The Bertz CT molecular complexity index is 1140. The number of aromatic nitrogens is 2. The van der Waals surface area contributed by atoms with Gasteiger partial charge in [0.2, 0.25) is 11.8 Å². The summed E-state index contributed by atoms with van der Waals surface area (Å²) in [6.45, 7) is 1.74. The van der Waals surface area contributed by atoms with Gasteiger partial charge >= 0.3 is 5.69 Å². The van der Waals surface area contributed by atoms with Crippen molar-refractivity contribution < 1.29 is 14.6 Å². The standard InChI is InChI=1S/C23H28N4O5/c1-3-19(28)27-18(14-9-11-16(32-2)12-10-14)13-17(25-27)20-21(29)24-23(31)26(22(20)30)15-7-5-4-6-8-15/h9-12,15,18,30H,3-8,13H2,1-2H3,(H,24,29,31)/t18-/m1/s1. The second kappa shape index (κ2) is 9.02. The van der Waals surface area contributed by atoms with Crippen LogP contribution < -0.4 is 16.0 Å². The summed E-state index contributed by atoms with van der Waals surface area (Å²) in [4.78, 5) is 40.2. The van der Waals surface area contributed by atoms with E-state index >= 15 is 0 Å². The summed E-state index contributed by atoms with van der Waals surface area (Å²) in [6.07, 6.45) is 5.03. The number of amides is 1. The Labute approximate surface area is 185 Å². The van der Waals surface area contributed by atoms with Crippen LogP contribution in [0.2, 0.25) is 0 Å². The topological polar surface area (TPSA) is 117 Å². The van der Waals surface area contributed by atoms with E-state index in [1.54, 1.807) is 26.2 Å². The van der Waals surface area contributed by atoms with E-state index in [4.69, 9.17) is 4.74 Å². The number of methoxy groups -OCH3 is 1. The van der Waals surface area contributed by atoms with Crippen LogP contribution in [0.25, 0.3) is 0 Å². The van der Waals surface area contributed by atoms with Crippen LogP contribution >= 0.6 is 0 Å². The highest BCUT2D eigenvalue weighted by molar-refractivity contribution is 6.04. The van der Waals surface area contributed by atoms with E-state index in [1.807, 2.05) is 12.1 Å². The van der Waals surface area contributed by atoms with Crippen LogP contribution in [0, 0.1) is 0 Å². The molecule has 2 N–H and O–H groups in total. The number of carbonyl (C=O) groups is 1. The van der Waals surface area contributed by atoms with Gasteiger partial charge in [0.25, 0.3) is 5.56 Å². The second-order valence-electron chi connectivity index (χ2n) is 8.25. The number of nitrogens with zero attached hydrogens (tertiary/aromatic N) is 3. The molecule has 9 heteroatoms. The van der Waals surface area contributed by atoms with Crippen molar-refractivity contribution in [3.05, 3.63) is 56.2 Å². The van der Waals surface area contributed by atoms with Gasteiger partial charge in [-0.2, -0.15) is 5.10 Å². The van der Waals surface area contributed by atoms with Crippen LogP contribution in [0.3, 0.4) is 0 Å². The molecule has 1 aromatic carbocycles. The number of benzene rings is 1. The molecule has 2 aromatic rings. The Morgan fingerprint density at radius 3 is 2.50 bits per heavy atom. The number of aromatic hydroxyl groups is 1. The Hall–Kier alpha value is -3.36. The maximum Gasteiger partial charge on any atom is 0.331 e. The van der Waals surface area contributed by atoms with Crippen LogP contribution in [-0.4, -0.2) is 38.4 Å². The molecule has 1 aliphatic carbocycles. The van der Waals surface area contributed by atoms with Gasteiger partial charge in [-0.1, -0.05) is 38.3 Å². The van der Waals surface area contributed by atoms with Gasteiger partial charge in [0.05, 0.1) is 18.9 Å². The number of H-pyrrole nitrogens is 1. The predicted molar refractivity (Wildman–Crippen MR) is 119 cm³/mol. The summed E-state index contributed by atoms with van der Waals surface area (Å²) in [5, 5.41) is 16.8. The van der Waals surface area contributed by atoms with Gasteiger partial charge in [-0.15, -0.1) is 0 Å². The molecular formula is C23H28N4O5. The van der Waals surface area contributed by atoms with Crippen LogP contribution in [0.5, 0.6) is 11.6 Å². The zero-order chi connectivity index (χ0) is 22.8. The van der Waals surface area contributed by atoms with Crippen molar-refractivity contribution in [2.75, 3.05) is 7.11 Å². The minimum atomic E-state index is -0.697. The molecule has 1 fully saturated rings. The maximum atomic E-state index is 12.7. The number of aromatic amines is 1. The first-order valence-corrected chi connectivity index (χ1v) is 11.1. The van der Waals surface area contributed by atoms with E-state index < -0.39 is 17.3 Å². The van der Waals surface area contributed by atoms with Crippen LogP contribution in [0.4, 0.5) is 0 Å². The van der Waals surface area contributed by atoms with Crippen molar-refractivity contribution in [1.82, 2.24) is 14.6 Å². The number of nitrogens with one attached hydrogen (secondary N) is 1. The summed E-state index contributed by atoms with van der Waals surface area (Å²) >= 11 is 0. The van der Waals surface area contributed by atoms with Crippen LogP contribution in [0.1, 0.15) is 75.1 Å².